The van der Waals surface area contributed by atoms with Gasteiger partial charge in [-0.2, -0.15) is 0 Å². The van der Waals surface area contributed by atoms with E-state index in [0.29, 0.717) is 11.7 Å². The highest BCUT2D eigenvalue weighted by atomic mass is 16.3. The minimum atomic E-state index is -0.0325. The number of phenolic OH excluding ortho intramolecular Hbond substituents is 1. The largest absolute Gasteiger partial charge is 0.508 e. The summed E-state index contributed by atoms with van der Waals surface area (Å²) in [4.78, 5) is 0. The van der Waals surface area contributed by atoms with Gasteiger partial charge in [0.25, 0.3) is 0 Å². The van der Waals surface area contributed by atoms with E-state index in [4.69, 9.17) is 5.73 Å². The molecule has 88 valence electrons. The Morgan fingerprint density at radius 2 is 1.88 bits per heavy atom. The van der Waals surface area contributed by atoms with Gasteiger partial charge in [0.15, 0.2) is 0 Å². The summed E-state index contributed by atoms with van der Waals surface area (Å²) < 4.78 is 0. The third-order valence-corrected chi connectivity index (χ3v) is 3.94. The summed E-state index contributed by atoms with van der Waals surface area (Å²) in [5.74, 6) is 0.870. The molecule has 0 spiro atoms. The molecule has 2 aromatic rings. The normalized spacial score (nSPS) is 17.9. The zero-order valence-corrected chi connectivity index (χ0v) is 9.76. The first-order chi connectivity index (χ1) is 8.27. The van der Waals surface area contributed by atoms with Gasteiger partial charge in [-0.25, -0.2) is 0 Å². The summed E-state index contributed by atoms with van der Waals surface area (Å²) in [6.07, 6.45) is 3.64. The van der Waals surface area contributed by atoms with E-state index in [-0.39, 0.29) is 6.04 Å². The molecular weight excluding hydrogens is 210 g/mol. The fraction of sp³-hybridized carbons (Fsp3) is 0.333. The summed E-state index contributed by atoms with van der Waals surface area (Å²) >= 11 is 0. The van der Waals surface area contributed by atoms with Gasteiger partial charge in [0, 0.05) is 11.6 Å². The number of rotatable bonds is 2. The molecule has 2 nitrogen and oxygen atoms in total. The van der Waals surface area contributed by atoms with Gasteiger partial charge >= 0.3 is 0 Å². The van der Waals surface area contributed by atoms with Crippen molar-refractivity contribution in [3.63, 3.8) is 0 Å². The number of aromatic hydroxyl groups is 1. The second-order valence-corrected chi connectivity index (χ2v) is 4.94. The average molecular weight is 227 g/mol. The van der Waals surface area contributed by atoms with Crippen LogP contribution in [-0.2, 0) is 0 Å². The fourth-order valence-electron chi connectivity index (χ4n) is 2.67. The van der Waals surface area contributed by atoms with Gasteiger partial charge in [0.05, 0.1) is 0 Å². The molecule has 0 aliphatic heterocycles. The van der Waals surface area contributed by atoms with Crippen molar-refractivity contribution in [1.82, 2.24) is 0 Å². The monoisotopic (exact) mass is 227 g/mol. The van der Waals surface area contributed by atoms with Crippen LogP contribution in [-0.4, -0.2) is 5.11 Å². The van der Waals surface area contributed by atoms with E-state index in [1.54, 1.807) is 6.07 Å². The Morgan fingerprint density at radius 1 is 1.12 bits per heavy atom. The Bertz CT molecular complexity index is 546. The predicted octanol–water partition coefficient (Wildman–Crippen LogP) is 3.35. The molecule has 2 aromatic carbocycles. The molecule has 0 aromatic heterocycles. The third kappa shape index (κ3) is 1.69. The van der Waals surface area contributed by atoms with Crippen LogP contribution in [0.3, 0.4) is 0 Å². The number of phenols is 1. The summed E-state index contributed by atoms with van der Waals surface area (Å²) in [5.41, 5.74) is 7.23. The molecule has 17 heavy (non-hydrogen) atoms. The smallest absolute Gasteiger partial charge is 0.120 e. The van der Waals surface area contributed by atoms with Gasteiger partial charge in [-0.1, -0.05) is 36.8 Å². The highest BCUT2D eigenvalue weighted by molar-refractivity contribution is 5.88. The SMILES string of the molecule is N[C@@H](c1c(O)ccc2ccccc12)C1CCC1. The topological polar surface area (TPSA) is 46.2 Å². The van der Waals surface area contributed by atoms with Gasteiger partial charge in [-0.05, 0) is 35.6 Å². The van der Waals surface area contributed by atoms with E-state index in [1.807, 2.05) is 24.3 Å². The molecule has 1 aliphatic rings. The lowest BCUT2D eigenvalue weighted by molar-refractivity contribution is 0.261. The first-order valence-corrected chi connectivity index (χ1v) is 6.23. The zero-order chi connectivity index (χ0) is 11.8. The molecule has 0 radical (unpaired) electrons. The molecule has 0 amide bonds. The molecule has 0 bridgehead atoms. The Hall–Kier alpha value is -1.54. The molecule has 0 unspecified atom stereocenters. The third-order valence-electron chi connectivity index (χ3n) is 3.94. The standard InChI is InChI=1S/C15H17NO/c16-15(11-5-3-6-11)14-12-7-2-1-4-10(12)8-9-13(14)17/h1-2,4,7-9,11,15,17H,3,5-6,16H2/t15-/m1/s1. The molecule has 3 rings (SSSR count). The highest BCUT2D eigenvalue weighted by Crippen LogP contribution is 2.41. The Labute approximate surface area is 101 Å². The zero-order valence-electron chi connectivity index (χ0n) is 9.76. The van der Waals surface area contributed by atoms with Crippen LogP contribution in [0.4, 0.5) is 0 Å². The minimum absolute atomic E-state index is 0.0325. The van der Waals surface area contributed by atoms with Crippen molar-refractivity contribution in [1.29, 1.82) is 0 Å². The van der Waals surface area contributed by atoms with Crippen LogP contribution in [0, 0.1) is 5.92 Å². The van der Waals surface area contributed by atoms with Crippen molar-refractivity contribution in [3.05, 3.63) is 42.0 Å². The maximum absolute atomic E-state index is 10.1. The van der Waals surface area contributed by atoms with Crippen molar-refractivity contribution in [2.75, 3.05) is 0 Å². The summed E-state index contributed by atoms with van der Waals surface area (Å²) in [6, 6.07) is 11.8. The van der Waals surface area contributed by atoms with Crippen LogP contribution < -0.4 is 5.73 Å². The molecule has 1 fully saturated rings. The quantitative estimate of drug-likeness (QED) is 0.826. The number of nitrogens with two attached hydrogens (primary N) is 1. The van der Waals surface area contributed by atoms with Crippen LogP contribution in [0.2, 0.25) is 0 Å². The van der Waals surface area contributed by atoms with E-state index < -0.39 is 0 Å². The Morgan fingerprint density at radius 3 is 2.59 bits per heavy atom. The molecular formula is C15H17NO. The lowest BCUT2D eigenvalue weighted by Crippen LogP contribution is -2.27. The van der Waals surface area contributed by atoms with Gasteiger partial charge < -0.3 is 10.8 Å². The molecule has 0 saturated heterocycles. The van der Waals surface area contributed by atoms with Gasteiger partial charge in [-0.15, -0.1) is 0 Å². The van der Waals surface area contributed by atoms with E-state index in [1.165, 1.54) is 19.3 Å². The number of benzene rings is 2. The molecule has 2 heteroatoms. The second-order valence-electron chi connectivity index (χ2n) is 4.94. The number of hydrogen-bond donors (Lipinski definition) is 2. The Kier molecular flexibility index (Phi) is 2.52. The summed E-state index contributed by atoms with van der Waals surface area (Å²) in [5, 5.41) is 12.3. The maximum Gasteiger partial charge on any atom is 0.120 e. The minimum Gasteiger partial charge on any atom is -0.508 e. The highest BCUT2D eigenvalue weighted by Gasteiger charge is 2.28. The molecule has 1 aliphatic carbocycles. The summed E-state index contributed by atoms with van der Waals surface area (Å²) in [6.45, 7) is 0. The van der Waals surface area contributed by atoms with Crippen LogP contribution in [0.5, 0.6) is 5.75 Å². The fourth-order valence-corrected chi connectivity index (χ4v) is 2.67. The number of fused-ring (bicyclic) bond motifs is 1. The van der Waals surface area contributed by atoms with E-state index >= 15 is 0 Å². The molecule has 0 heterocycles. The van der Waals surface area contributed by atoms with Crippen molar-refractivity contribution in [2.45, 2.75) is 25.3 Å². The van der Waals surface area contributed by atoms with Crippen molar-refractivity contribution < 1.29 is 5.11 Å². The Balaban J connectivity index is 2.15. The van der Waals surface area contributed by atoms with Gasteiger partial charge in [0.2, 0.25) is 0 Å². The maximum atomic E-state index is 10.1. The second kappa shape index (κ2) is 4.04. The number of hydrogen-bond acceptors (Lipinski definition) is 2. The van der Waals surface area contributed by atoms with E-state index in [2.05, 4.69) is 6.07 Å². The van der Waals surface area contributed by atoms with Crippen molar-refractivity contribution in [3.8, 4) is 5.75 Å². The van der Waals surface area contributed by atoms with Gasteiger partial charge in [-0.3, -0.25) is 0 Å². The predicted molar refractivity (Wildman–Crippen MR) is 69.9 cm³/mol. The molecule has 1 saturated carbocycles. The average Bonchev–Trinajstić information content (AvgIpc) is 2.26. The van der Waals surface area contributed by atoms with Crippen LogP contribution in [0.15, 0.2) is 36.4 Å². The molecule has 1 atom stereocenters. The first-order valence-electron chi connectivity index (χ1n) is 6.23. The van der Waals surface area contributed by atoms with Crippen LogP contribution in [0.1, 0.15) is 30.9 Å². The van der Waals surface area contributed by atoms with Crippen molar-refractivity contribution in [2.24, 2.45) is 11.7 Å². The first kappa shape index (κ1) is 10.6. The lowest BCUT2D eigenvalue weighted by Gasteiger charge is -2.32. The van der Waals surface area contributed by atoms with E-state index in [0.717, 1.165) is 16.3 Å². The summed E-state index contributed by atoms with van der Waals surface area (Å²) in [7, 11) is 0. The van der Waals surface area contributed by atoms with Crippen molar-refractivity contribution >= 4 is 10.8 Å². The van der Waals surface area contributed by atoms with Gasteiger partial charge in [0.1, 0.15) is 5.75 Å². The lowest BCUT2D eigenvalue weighted by atomic mass is 9.76. The van der Waals surface area contributed by atoms with Crippen LogP contribution >= 0.6 is 0 Å². The van der Waals surface area contributed by atoms with E-state index in [9.17, 15) is 5.11 Å². The van der Waals surface area contributed by atoms with Crippen LogP contribution in [0.25, 0.3) is 10.8 Å². The molecule has 3 N–H and O–H groups in total.